The number of nitrogens with one attached hydrogen (secondary N) is 2. The van der Waals surface area contributed by atoms with Crippen LogP contribution in [0.3, 0.4) is 0 Å². The van der Waals surface area contributed by atoms with E-state index in [2.05, 4.69) is 26.6 Å². The molecule has 0 bridgehead atoms. The summed E-state index contributed by atoms with van der Waals surface area (Å²) in [7, 11) is 0. The van der Waals surface area contributed by atoms with Gasteiger partial charge < -0.3 is 10.6 Å². The van der Waals surface area contributed by atoms with E-state index in [1.165, 1.54) is 17.7 Å². The molecule has 3 nitrogen and oxygen atoms in total. The Hall–Kier alpha value is -0.390. The minimum absolute atomic E-state index is 0.00348. The van der Waals surface area contributed by atoms with Gasteiger partial charge >= 0.3 is 0 Å². The van der Waals surface area contributed by atoms with Crippen LogP contribution in [0.25, 0.3) is 0 Å². The molecule has 1 aliphatic heterocycles. The standard InChI is InChI=1S/C12H17BrN2OS/c13-9-5-7-17-11(9)8-15-12(16)10-4-2-1-3-6-14-10/h5,7,10,14H,1-4,6,8H2,(H,15,16). The Bertz CT molecular complexity index is 372. The highest BCUT2D eigenvalue weighted by atomic mass is 79.9. The number of amides is 1. The quantitative estimate of drug-likeness (QED) is 0.900. The van der Waals surface area contributed by atoms with Crippen LogP contribution in [0.5, 0.6) is 0 Å². The monoisotopic (exact) mass is 316 g/mol. The van der Waals surface area contributed by atoms with Gasteiger partial charge in [-0.15, -0.1) is 11.3 Å². The average molecular weight is 317 g/mol. The molecular weight excluding hydrogens is 300 g/mol. The molecule has 1 atom stereocenters. The van der Waals surface area contributed by atoms with Crippen LogP contribution in [0.15, 0.2) is 15.9 Å². The maximum atomic E-state index is 12.0. The minimum atomic E-state index is -0.00348. The van der Waals surface area contributed by atoms with Crippen molar-refractivity contribution in [3.05, 3.63) is 20.8 Å². The van der Waals surface area contributed by atoms with E-state index >= 15 is 0 Å². The van der Waals surface area contributed by atoms with Crippen LogP contribution in [0.2, 0.25) is 0 Å². The molecule has 2 rings (SSSR count). The summed E-state index contributed by atoms with van der Waals surface area (Å²) in [5, 5.41) is 8.33. The average Bonchev–Trinajstić information content (AvgIpc) is 2.58. The van der Waals surface area contributed by atoms with Crippen LogP contribution in [0, 0.1) is 0 Å². The normalized spacial score (nSPS) is 20.9. The van der Waals surface area contributed by atoms with Crippen LogP contribution in [-0.2, 0) is 11.3 Å². The van der Waals surface area contributed by atoms with Gasteiger partial charge in [0.2, 0.25) is 5.91 Å². The molecule has 1 amide bonds. The molecule has 0 spiro atoms. The maximum Gasteiger partial charge on any atom is 0.237 e. The second-order valence-corrected chi connectivity index (χ2v) is 6.12. The molecule has 0 radical (unpaired) electrons. The van der Waals surface area contributed by atoms with Gasteiger partial charge in [-0.3, -0.25) is 4.79 Å². The number of hydrogen-bond donors (Lipinski definition) is 2. The first-order valence-electron chi connectivity index (χ1n) is 6.00. The summed E-state index contributed by atoms with van der Waals surface area (Å²) in [6.07, 6.45) is 4.51. The third-order valence-electron chi connectivity index (χ3n) is 2.99. The Morgan fingerprint density at radius 1 is 1.53 bits per heavy atom. The van der Waals surface area contributed by atoms with Gasteiger partial charge in [0.05, 0.1) is 12.6 Å². The van der Waals surface area contributed by atoms with Crippen molar-refractivity contribution in [2.24, 2.45) is 0 Å². The lowest BCUT2D eigenvalue weighted by molar-refractivity contribution is -0.123. The van der Waals surface area contributed by atoms with Crippen LogP contribution in [0.1, 0.15) is 30.6 Å². The molecule has 5 heteroatoms. The van der Waals surface area contributed by atoms with Gasteiger partial charge in [-0.1, -0.05) is 12.8 Å². The molecule has 2 N–H and O–H groups in total. The van der Waals surface area contributed by atoms with E-state index in [9.17, 15) is 4.79 Å². The van der Waals surface area contributed by atoms with Crippen LogP contribution in [0.4, 0.5) is 0 Å². The molecule has 0 aromatic carbocycles. The predicted molar refractivity (Wildman–Crippen MR) is 74.1 cm³/mol. The van der Waals surface area contributed by atoms with Gasteiger partial charge in [0.25, 0.3) is 0 Å². The summed E-state index contributed by atoms with van der Waals surface area (Å²) in [4.78, 5) is 13.1. The molecule has 0 saturated carbocycles. The molecule has 1 aromatic rings. The number of thiophene rings is 1. The second kappa shape index (κ2) is 6.52. The van der Waals surface area contributed by atoms with Gasteiger partial charge in [0.1, 0.15) is 0 Å². The van der Waals surface area contributed by atoms with Crippen LogP contribution >= 0.6 is 27.3 Å². The number of hydrogen-bond acceptors (Lipinski definition) is 3. The fraction of sp³-hybridized carbons (Fsp3) is 0.583. The highest BCUT2D eigenvalue weighted by molar-refractivity contribution is 9.10. The smallest absolute Gasteiger partial charge is 0.237 e. The van der Waals surface area contributed by atoms with Gasteiger partial charge in [-0.05, 0) is 46.8 Å². The third-order valence-corrected chi connectivity index (χ3v) is 4.92. The highest BCUT2D eigenvalue weighted by Crippen LogP contribution is 2.22. The summed E-state index contributed by atoms with van der Waals surface area (Å²) >= 11 is 5.13. The van der Waals surface area contributed by atoms with Crippen molar-refractivity contribution in [3.63, 3.8) is 0 Å². The maximum absolute atomic E-state index is 12.0. The van der Waals surface area contributed by atoms with E-state index in [4.69, 9.17) is 0 Å². The number of rotatable bonds is 3. The van der Waals surface area contributed by atoms with E-state index in [1.807, 2.05) is 11.4 Å². The molecule has 94 valence electrons. The highest BCUT2D eigenvalue weighted by Gasteiger charge is 2.19. The van der Waals surface area contributed by atoms with Gasteiger partial charge in [0.15, 0.2) is 0 Å². The van der Waals surface area contributed by atoms with Crippen molar-refractivity contribution in [1.82, 2.24) is 10.6 Å². The van der Waals surface area contributed by atoms with Gasteiger partial charge in [-0.25, -0.2) is 0 Å². The first-order chi connectivity index (χ1) is 8.27. The summed E-state index contributed by atoms with van der Waals surface area (Å²) < 4.78 is 1.08. The van der Waals surface area contributed by atoms with Crippen molar-refractivity contribution in [2.45, 2.75) is 38.3 Å². The summed E-state index contributed by atoms with van der Waals surface area (Å²) in [5.41, 5.74) is 0. The lowest BCUT2D eigenvalue weighted by Crippen LogP contribution is -2.43. The van der Waals surface area contributed by atoms with Crippen molar-refractivity contribution in [3.8, 4) is 0 Å². The van der Waals surface area contributed by atoms with E-state index in [1.54, 1.807) is 11.3 Å². The molecule has 2 heterocycles. The zero-order valence-corrected chi connectivity index (χ0v) is 12.1. The molecular formula is C12H17BrN2OS. The number of carbonyl (C=O) groups excluding carboxylic acids is 1. The van der Waals surface area contributed by atoms with Crippen molar-refractivity contribution >= 4 is 33.2 Å². The minimum Gasteiger partial charge on any atom is -0.350 e. The Morgan fingerprint density at radius 2 is 2.41 bits per heavy atom. The lowest BCUT2D eigenvalue weighted by atomic mass is 10.1. The summed E-state index contributed by atoms with van der Waals surface area (Å²) in [6, 6.07) is 2.01. The fourth-order valence-corrected chi connectivity index (χ4v) is 3.43. The molecule has 1 unspecified atom stereocenters. The number of carbonyl (C=O) groups is 1. The Balaban J connectivity index is 1.82. The van der Waals surface area contributed by atoms with Crippen LogP contribution < -0.4 is 10.6 Å². The molecule has 0 aliphatic carbocycles. The van der Waals surface area contributed by atoms with Crippen molar-refractivity contribution in [2.75, 3.05) is 6.54 Å². The van der Waals surface area contributed by atoms with E-state index in [0.717, 1.165) is 23.9 Å². The second-order valence-electron chi connectivity index (χ2n) is 4.27. The first-order valence-corrected chi connectivity index (χ1v) is 7.67. The Labute approximate surface area is 114 Å². The fourth-order valence-electron chi connectivity index (χ4n) is 1.99. The molecule has 1 aliphatic rings. The Morgan fingerprint density at radius 3 is 3.18 bits per heavy atom. The molecule has 1 saturated heterocycles. The van der Waals surface area contributed by atoms with E-state index in [0.29, 0.717) is 6.54 Å². The molecule has 1 fully saturated rings. The first kappa shape index (κ1) is 13.1. The largest absolute Gasteiger partial charge is 0.350 e. The summed E-state index contributed by atoms with van der Waals surface area (Å²) in [5.74, 6) is 0.132. The zero-order valence-electron chi connectivity index (χ0n) is 9.67. The summed E-state index contributed by atoms with van der Waals surface area (Å²) in [6.45, 7) is 1.58. The van der Waals surface area contributed by atoms with Gasteiger partial charge in [-0.2, -0.15) is 0 Å². The Kier molecular flexibility index (Phi) is 5.00. The van der Waals surface area contributed by atoms with Crippen molar-refractivity contribution < 1.29 is 4.79 Å². The third kappa shape index (κ3) is 3.79. The zero-order chi connectivity index (χ0) is 12.1. The lowest BCUT2D eigenvalue weighted by Gasteiger charge is -2.15. The topological polar surface area (TPSA) is 41.1 Å². The van der Waals surface area contributed by atoms with Crippen LogP contribution in [-0.4, -0.2) is 18.5 Å². The molecule has 1 aromatic heterocycles. The van der Waals surface area contributed by atoms with E-state index in [-0.39, 0.29) is 11.9 Å². The predicted octanol–water partition coefficient (Wildman–Crippen LogP) is 2.66. The SMILES string of the molecule is O=C(NCc1sccc1Br)C1CCCCCN1. The number of halogens is 1. The van der Waals surface area contributed by atoms with Gasteiger partial charge in [0, 0.05) is 9.35 Å². The van der Waals surface area contributed by atoms with Crippen molar-refractivity contribution in [1.29, 1.82) is 0 Å². The van der Waals surface area contributed by atoms with E-state index < -0.39 is 0 Å². The molecule has 17 heavy (non-hydrogen) atoms.